The first-order valence-corrected chi connectivity index (χ1v) is 11.4. The van der Waals surface area contributed by atoms with Crippen LogP contribution in [-0.4, -0.2) is 22.6 Å². The van der Waals surface area contributed by atoms with E-state index in [1.54, 1.807) is 18.4 Å². The number of nitrogen functional groups attached to an aromatic ring is 1. The summed E-state index contributed by atoms with van der Waals surface area (Å²) in [6, 6.07) is 0. The summed E-state index contributed by atoms with van der Waals surface area (Å²) in [5.41, 5.74) is 13.3. The number of pyridine rings is 1. The van der Waals surface area contributed by atoms with E-state index in [0.717, 1.165) is 31.4 Å². The summed E-state index contributed by atoms with van der Waals surface area (Å²) in [6.07, 6.45) is 1.94. The highest BCUT2D eigenvalue weighted by molar-refractivity contribution is 8.05. The summed E-state index contributed by atoms with van der Waals surface area (Å²) in [4.78, 5) is 7.45. The minimum absolute atomic E-state index is 0.0842. The largest absolute Gasteiger partial charge is 0.470 e. The number of nitrogens with zero attached hydrogens (tertiary/aromatic N) is 2. The van der Waals surface area contributed by atoms with Crippen LogP contribution in [0.15, 0.2) is 16.1 Å². The normalized spacial score (nSPS) is 13.2. The van der Waals surface area contributed by atoms with E-state index in [4.69, 9.17) is 22.1 Å². The first-order chi connectivity index (χ1) is 13.3. The van der Waals surface area contributed by atoms with Gasteiger partial charge in [-0.25, -0.2) is 4.98 Å². The molecule has 0 radical (unpaired) electrons. The average Bonchev–Trinajstić information content (AvgIpc) is 2.98. The average molecular weight is 443 g/mol. The van der Waals surface area contributed by atoms with Crippen molar-refractivity contribution in [1.82, 2.24) is 10.4 Å². The molecule has 0 saturated carbocycles. The number of nitrogens with two attached hydrogens (primary N) is 1. The van der Waals surface area contributed by atoms with Crippen LogP contribution in [0.25, 0.3) is 10.2 Å². The fourth-order valence-electron chi connectivity index (χ4n) is 2.53. The number of hydrogen-bond acceptors (Lipinski definition) is 7. The van der Waals surface area contributed by atoms with E-state index < -0.39 is 0 Å². The molecule has 1 unspecified atom stereocenters. The molecule has 0 aromatic carbocycles. The van der Waals surface area contributed by atoms with Crippen LogP contribution >= 0.6 is 34.7 Å². The Kier molecular flexibility index (Phi) is 10.1. The zero-order chi connectivity index (χ0) is 21.4. The third-order valence-corrected chi connectivity index (χ3v) is 6.40. The van der Waals surface area contributed by atoms with E-state index in [9.17, 15) is 0 Å². The lowest BCUT2D eigenvalue weighted by Gasteiger charge is -2.13. The van der Waals surface area contributed by atoms with Gasteiger partial charge in [-0.1, -0.05) is 19.9 Å². The Hall–Kier alpha value is -1.44. The maximum atomic E-state index is 6.40. The molecule has 28 heavy (non-hydrogen) atoms. The van der Waals surface area contributed by atoms with Gasteiger partial charge in [0.1, 0.15) is 11.4 Å². The van der Waals surface area contributed by atoms with Gasteiger partial charge in [0, 0.05) is 18.1 Å². The van der Waals surface area contributed by atoms with Crippen molar-refractivity contribution < 1.29 is 4.74 Å². The van der Waals surface area contributed by atoms with Gasteiger partial charge in [-0.15, -0.1) is 39.8 Å². The molecule has 5 nitrogen and oxygen atoms in total. The fraction of sp³-hybridized carbons (Fsp3) is 0.500. The minimum Gasteiger partial charge on any atom is -0.470 e. The molecule has 3 N–H and O–H groups in total. The number of thioether (sulfide) groups is 1. The van der Waals surface area contributed by atoms with Gasteiger partial charge in [0.15, 0.2) is 0 Å². The summed E-state index contributed by atoms with van der Waals surface area (Å²) >= 11 is 9.16. The standard InChI is InChI=1S/C18H25ClN4OS2.C2H6/c1-7-13(25-12(5)19)17(23-21-6)24-8-14-16(20)15-10(3)9(2)11(4)22-18(15)26-14;1-2/h7,12,21H,8,20H2,1-6H3;1-2H3/b13-7-,23-17-;. The second-order valence-corrected chi connectivity index (χ2v) is 9.19. The molecule has 2 heterocycles. The lowest BCUT2D eigenvalue weighted by molar-refractivity contribution is 0.296. The maximum Gasteiger partial charge on any atom is 0.244 e. The molecule has 0 aliphatic rings. The predicted molar refractivity (Wildman–Crippen MR) is 128 cm³/mol. The van der Waals surface area contributed by atoms with Crippen molar-refractivity contribution in [2.45, 2.75) is 59.8 Å². The number of aryl methyl sites for hydroxylation is 2. The van der Waals surface area contributed by atoms with Crippen LogP contribution < -0.4 is 11.2 Å². The topological polar surface area (TPSA) is 72.5 Å². The van der Waals surface area contributed by atoms with Crippen LogP contribution in [0.5, 0.6) is 0 Å². The number of thiophene rings is 1. The predicted octanol–water partition coefficient (Wildman–Crippen LogP) is 6.10. The number of nitrogens with one attached hydrogen (secondary N) is 1. The molecule has 0 fully saturated rings. The van der Waals surface area contributed by atoms with Crippen molar-refractivity contribution in [3.8, 4) is 0 Å². The van der Waals surface area contributed by atoms with Gasteiger partial charge in [0.25, 0.3) is 0 Å². The Balaban J connectivity index is 0.00000190. The number of halogens is 1. The van der Waals surface area contributed by atoms with Gasteiger partial charge in [-0.2, -0.15) is 0 Å². The zero-order valence-electron chi connectivity index (χ0n) is 17.9. The summed E-state index contributed by atoms with van der Waals surface area (Å²) in [6.45, 7) is 14.4. The molecule has 2 rings (SSSR count). The van der Waals surface area contributed by atoms with Crippen molar-refractivity contribution in [2.75, 3.05) is 12.8 Å². The maximum absolute atomic E-state index is 6.40. The summed E-state index contributed by atoms with van der Waals surface area (Å²) in [5, 5.41) is 5.26. The van der Waals surface area contributed by atoms with Gasteiger partial charge in [-0.05, 0) is 45.7 Å². The fourth-order valence-corrected chi connectivity index (χ4v) is 4.62. The van der Waals surface area contributed by atoms with E-state index in [1.807, 2.05) is 40.7 Å². The number of hydrogen-bond donors (Lipinski definition) is 2. The number of aromatic nitrogens is 1. The van der Waals surface area contributed by atoms with E-state index in [2.05, 4.69) is 29.4 Å². The highest BCUT2D eigenvalue weighted by atomic mass is 35.5. The van der Waals surface area contributed by atoms with Crippen LogP contribution in [-0.2, 0) is 11.3 Å². The number of allylic oxidation sites excluding steroid dienone is 1. The van der Waals surface area contributed by atoms with E-state index >= 15 is 0 Å². The van der Waals surface area contributed by atoms with E-state index in [0.29, 0.717) is 12.5 Å². The number of rotatable bonds is 6. The van der Waals surface area contributed by atoms with E-state index in [-0.39, 0.29) is 4.71 Å². The Bertz CT molecular complexity index is 860. The Labute approximate surface area is 181 Å². The molecule has 1 atom stereocenters. The highest BCUT2D eigenvalue weighted by Crippen LogP contribution is 2.37. The summed E-state index contributed by atoms with van der Waals surface area (Å²) < 4.78 is 5.89. The minimum atomic E-state index is -0.0842. The van der Waals surface area contributed by atoms with Crippen LogP contribution in [0.2, 0.25) is 0 Å². The highest BCUT2D eigenvalue weighted by Gasteiger charge is 2.18. The Morgan fingerprint density at radius 3 is 2.54 bits per heavy atom. The molecule has 2 aromatic rings. The number of fused-ring (bicyclic) bond motifs is 1. The SMILES string of the molecule is C/C=C(SC(C)Cl)/C(=N/NC)OCc1sc2nc(C)c(C)c(C)c2c1N.CC. The van der Waals surface area contributed by atoms with Gasteiger partial charge in [0.2, 0.25) is 5.90 Å². The zero-order valence-corrected chi connectivity index (χ0v) is 20.3. The summed E-state index contributed by atoms with van der Waals surface area (Å²) in [7, 11) is 1.73. The summed E-state index contributed by atoms with van der Waals surface area (Å²) in [5.74, 6) is 0.501. The molecule has 156 valence electrons. The lowest BCUT2D eigenvalue weighted by Crippen LogP contribution is -2.12. The van der Waals surface area contributed by atoms with Crippen molar-refractivity contribution in [2.24, 2.45) is 5.10 Å². The van der Waals surface area contributed by atoms with Gasteiger partial charge in [-0.3, -0.25) is 0 Å². The molecule has 0 aliphatic heterocycles. The Morgan fingerprint density at radius 1 is 1.36 bits per heavy atom. The van der Waals surface area contributed by atoms with Gasteiger partial charge < -0.3 is 15.9 Å². The van der Waals surface area contributed by atoms with Crippen molar-refractivity contribution in [1.29, 1.82) is 0 Å². The molecule has 0 amide bonds. The first kappa shape index (κ1) is 24.6. The molecule has 0 spiro atoms. The van der Waals surface area contributed by atoms with Gasteiger partial charge in [0.05, 0.1) is 20.2 Å². The second-order valence-electron chi connectivity index (χ2n) is 5.81. The van der Waals surface area contributed by atoms with Crippen LogP contribution in [0.4, 0.5) is 5.69 Å². The molecule has 0 aliphatic carbocycles. The van der Waals surface area contributed by atoms with Crippen molar-refractivity contribution >= 4 is 56.5 Å². The van der Waals surface area contributed by atoms with Crippen LogP contribution in [0, 0.1) is 20.8 Å². The monoisotopic (exact) mass is 442 g/mol. The first-order valence-electron chi connectivity index (χ1n) is 9.29. The second kappa shape index (κ2) is 11.5. The number of alkyl halides is 1. The van der Waals surface area contributed by atoms with Crippen molar-refractivity contribution in [3.63, 3.8) is 0 Å². The molecule has 8 heteroatoms. The van der Waals surface area contributed by atoms with Crippen molar-refractivity contribution in [3.05, 3.63) is 32.7 Å². The van der Waals surface area contributed by atoms with Crippen LogP contribution in [0.1, 0.15) is 49.4 Å². The molecular formula is C20H31ClN4OS2. The molecule has 0 saturated heterocycles. The smallest absolute Gasteiger partial charge is 0.244 e. The number of hydrazone groups is 1. The molecule has 0 bridgehead atoms. The third-order valence-electron chi connectivity index (χ3n) is 4.07. The molecular weight excluding hydrogens is 412 g/mol. The quantitative estimate of drug-likeness (QED) is 0.244. The number of anilines is 1. The van der Waals surface area contributed by atoms with Gasteiger partial charge >= 0.3 is 0 Å². The van der Waals surface area contributed by atoms with Crippen LogP contribution in [0.3, 0.4) is 0 Å². The molecule has 2 aromatic heterocycles. The third kappa shape index (κ3) is 5.78. The number of ether oxygens (including phenoxy) is 1. The lowest BCUT2D eigenvalue weighted by atomic mass is 10.1. The van der Waals surface area contributed by atoms with E-state index in [1.165, 1.54) is 22.9 Å². The Morgan fingerprint density at radius 2 is 2.00 bits per heavy atom.